The van der Waals surface area contributed by atoms with Crippen molar-refractivity contribution < 1.29 is 9.53 Å². The van der Waals surface area contributed by atoms with Crippen molar-refractivity contribution in [2.24, 2.45) is 0 Å². The van der Waals surface area contributed by atoms with Crippen LogP contribution in [0.3, 0.4) is 0 Å². The molecular formula is C12H18N2O3. The Labute approximate surface area is 100 Å². The number of hydrogen-bond acceptors (Lipinski definition) is 3. The van der Waals surface area contributed by atoms with Gasteiger partial charge in [-0.15, -0.1) is 0 Å². The van der Waals surface area contributed by atoms with Crippen LogP contribution in [0.2, 0.25) is 0 Å². The summed E-state index contributed by atoms with van der Waals surface area (Å²) < 4.78 is 5.08. The summed E-state index contributed by atoms with van der Waals surface area (Å²) in [4.78, 5) is 25.6. The second-order valence-electron chi connectivity index (χ2n) is 4.88. The van der Waals surface area contributed by atoms with Crippen LogP contribution in [0.25, 0.3) is 0 Å². The number of ether oxygens (including phenoxy) is 1. The Morgan fingerprint density at radius 2 is 2.06 bits per heavy atom. The zero-order chi connectivity index (χ0) is 13.1. The number of pyridine rings is 1. The summed E-state index contributed by atoms with van der Waals surface area (Å²) in [5, 5.41) is 2.58. The van der Waals surface area contributed by atoms with Gasteiger partial charge in [-0.1, -0.05) is 0 Å². The molecule has 1 rings (SSSR count). The Morgan fingerprint density at radius 1 is 1.41 bits per heavy atom. The number of amides is 1. The van der Waals surface area contributed by atoms with Gasteiger partial charge in [0.2, 0.25) is 0 Å². The van der Waals surface area contributed by atoms with Crippen molar-refractivity contribution in [3.8, 4) is 0 Å². The molecule has 0 aliphatic rings. The number of aromatic amines is 1. The first-order valence-electron chi connectivity index (χ1n) is 5.43. The molecule has 0 fully saturated rings. The van der Waals surface area contributed by atoms with Gasteiger partial charge in [-0.3, -0.25) is 4.79 Å². The molecule has 0 spiro atoms. The first-order chi connectivity index (χ1) is 7.76. The first-order valence-corrected chi connectivity index (χ1v) is 5.43. The van der Waals surface area contributed by atoms with Crippen LogP contribution in [0.5, 0.6) is 0 Å². The predicted octanol–water partition coefficient (Wildman–Crippen LogP) is 1.71. The van der Waals surface area contributed by atoms with Crippen molar-refractivity contribution in [1.29, 1.82) is 0 Å². The van der Waals surface area contributed by atoms with Crippen LogP contribution in [0.15, 0.2) is 16.9 Å². The molecule has 0 aliphatic heterocycles. The van der Waals surface area contributed by atoms with E-state index in [2.05, 4.69) is 10.3 Å². The third-order valence-electron chi connectivity index (χ3n) is 1.86. The molecule has 0 radical (unpaired) electrons. The summed E-state index contributed by atoms with van der Waals surface area (Å²) in [6.07, 6.45) is -0.500. The minimum atomic E-state index is -0.524. The van der Waals surface area contributed by atoms with E-state index in [1.807, 2.05) is 0 Å². The zero-order valence-electron chi connectivity index (χ0n) is 10.6. The second kappa shape index (κ2) is 5.03. The molecule has 1 aromatic rings. The highest BCUT2D eigenvalue weighted by molar-refractivity contribution is 5.67. The van der Waals surface area contributed by atoms with E-state index < -0.39 is 11.7 Å². The van der Waals surface area contributed by atoms with E-state index in [-0.39, 0.29) is 12.0 Å². The molecule has 2 N–H and O–H groups in total. The zero-order valence-corrected chi connectivity index (χ0v) is 10.6. The van der Waals surface area contributed by atoms with Gasteiger partial charge in [0.15, 0.2) is 5.43 Å². The molecule has 1 amide bonds. The highest BCUT2D eigenvalue weighted by Gasteiger charge is 2.15. The fourth-order valence-electron chi connectivity index (χ4n) is 1.33. The van der Waals surface area contributed by atoms with Crippen molar-refractivity contribution in [3.05, 3.63) is 33.7 Å². The summed E-state index contributed by atoms with van der Waals surface area (Å²) in [7, 11) is 0. The highest BCUT2D eigenvalue weighted by Crippen LogP contribution is 2.06. The standard InChI is InChI=1S/C12H18N2O3/c1-8-5-10(15)6-9(14-8)7-13-11(16)17-12(2,3)4/h5-6H,7H2,1-4H3,(H,13,16)(H,14,15). The molecule has 0 unspecified atom stereocenters. The van der Waals surface area contributed by atoms with E-state index in [4.69, 9.17) is 4.74 Å². The van der Waals surface area contributed by atoms with Gasteiger partial charge in [-0.25, -0.2) is 4.79 Å². The van der Waals surface area contributed by atoms with E-state index in [0.29, 0.717) is 5.69 Å². The van der Waals surface area contributed by atoms with Crippen molar-refractivity contribution in [2.45, 2.75) is 39.8 Å². The number of carbonyl (C=O) groups excluding carboxylic acids is 1. The Bertz CT molecular complexity index is 458. The molecular weight excluding hydrogens is 220 g/mol. The Kier molecular flexibility index (Phi) is 3.93. The van der Waals surface area contributed by atoms with Crippen molar-refractivity contribution in [2.75, 3.05) is 0 Å². The molecule has 5 heteroatoms. The summed E-state index contributed by atoms with van der Waals surface area (Å²) >= 11 is 0. The number of hydrogen-bond donors (Lipinski definition) is 2. The topological polar surface area (TPSA) is 71.2 Å². The number of alkyl carbamates (subject to hydrolysis) is 1. The number of aromatic nitrogens is 1. The molecule has 0 saturated carbocycles. The molecule has 0 aliphatic carbocycles. The van der Waals surface area contributed by atoms with E-state index in [1.165, 1.54) is 12.1 Å². The van der Waals surface area contributed by atoms with E-state index in [0.717, 1.165) is 5.69 Å². The van der Waals surface area contributed by atoms with E-state index >= 15 is 0 Å². The lowest BCUT2D eigenvalue weighted by Crippen LogP contribution is -2.32. The van der Waals surface area contributed by atoms with Crippen LogP contribution in [0.1, 0.15) is 32.2 Å². The summed E-state index contributed by atoms with van der Waals surface area (Å²) in [5.74, 6) is 0. The maximum absolute atomic E-state index is 11.4. The lowest BCUT2D eigenvalue weighted by Gasteiger charge is -2.19. The summed E-state index contributed by atoms with van der Waals surface area (Å²) in [6, 6.07) is 2.95. The van der Waals surface area contributed by atoms with E-state index in [9.17, 15) is 9.59 Å². The Balaban J connectivity index is 2.56. The minimum Gasteiger partial charge on any atom is -0.444 e. The summed E-state index contributed by atoms with van der Waals surface area (Å²) in [6.45, 7) is 7.41. The maximum atomic E-state index is 11.4. The number of H-pyrrole nitrogens is 1. The van der Waals surface area contributed by atoms with Crippen LogP contribution in [0.4, 0.5) is 4.79 Å². The Morgan fingerprint density at radius 3 is 2.59 bits per heavy atom. The average Bonchev–Trinajstić information content (AvgIpc) is 2.10. The predicted molar refractivity (Wildman–Crippen MR) is 64.9 cm³/mol. The second-order valence-corrected chi connectivity index (χ2v) is 4.88. The fraction of sp³-hybridized carbons (Fsp3) is 0.500. The van der Waals surface area contributed by atoms with Crippen LogP contribution in [-0.2, 0) is 11.3 Å². The van der Waals surface area contributed by atoms with Crippen molar-refractivity contribution >= 4 is 6.09 Å². The minimum absolute atomic E-state index is 0.0813. The van der Waals surface area contributed by atoms with Crippen LogP contribution in [0, 0.1) is 6.92 Å². The SMILES string of the molecule is Cc1cc(=O)cc(CNC(=O)OC(C)(C)C)[nH]1. The smallest absolute Gasteiger partial charge is 0.407 e. The fourth-order valence-corrected chi connectivity index (χ4v) is 1.33. The van der Waals surface area contributed by atoms with Gasteiger partial charge in [0.1, 0.15) is 5.60 Å². The molecule has 0 aromatic carbocycles. The monoisotopic (exact) mass is 238 g/mol. The number of rotatable bonds is 2. The van der Waals surface area contributed by atoms with Gasteiger partial charge < -0.3 is 15.0 Å². The number of aryl methyl sites for hydroxylation is 1. The van der Waals surface area contributed by atoms with Gasteiger partial charge in [0, 0.05) is 23.5 Å². The molecule has 17 heavy (non-hydrogen) atoms. The summed E-state index contributed by atoms with van der Waals surface area (Å²) in [5.41, 5.74) is 0.811. The molecule has 94 valence electrons. The first kappa shape index (κ1) is 13.3. The number of nitrogens with one attached hydrogen (secondary N) is 2. The number of carbonyl (C=O) groups is 1. The molecule has 1 aromatic heterocycles. The lowest BCUT2D eigenvalue weighted by molar-refractivity contribution is 0.0523. The van der Waals surface area contributed by atoms with Gasteiger partial charge in [-0.05, 0) is 27.7 Å². The molecule has 5 nitrogen and oxygen atoms in total. The van der Waals surface area contributed by atoms with Crippen LogP contribution >= 0.6 is 0 Å². The van der Waals surface area contributed by atoms with Crippen LogP contribution < -0.4 is 10.7 Å². The normalized spacial score (nSPS) is 11.1. The van der Waals surface area contributed by atoms with Crippen LogP contribution in [-0.4, -0.2) is 16.7 Å². The quantitative estimate of drug-likeness (QED) is 0.823. The largest absolute Gasteiger partial charge is 0.444 e. The third-order valence-corrected chi connectivity index (χ3v) is 1.86. The van der Waals surface area contributed by atoms with E-state index in [1.54, 1.807) is 27.7 Å². The third kappa shape index (κ3) is 5.19. The average molecular weight is 238 g/mol. The molecule has 1 heterocycles. The van der Waals surface area contributed by atoms with Crippen molar-refractivity contribution in [1.82, 2.24) is 10.3 Å². The van der Waals surface area contributed by atoms with Gasteiger partial charge in [0.05, 0.1) is 6.54 Å². The lowest BCUT2D eigenvalue weighted by atomic mass is 10.2. The molecule has 0 bridgehead atoms. The highest BCUT2D eigenvalue weighted by atomic mass is 16.6. The molecule has 0 saturated heterocycles. The maximum Gasteiger partial charge on any atom is 0.407 e. The Hall–Kier alpha value is -1.78. The van der Waals surface area contributed by atoms with Gasteiger partial charge >= 0.3 is 6.09 Å². The molecule has 0 atom stereocenters. The van der Waals surface area contributed by atoms with Gasteiger partial charge in [-0.2, -0.15) is 0 Å². The van der Waals surface area contributed by atoms with Gasteiger partial charge in [0.25, 0.3) is 0 Å². The van der Waals surface area contributed by atoms with Crippen molar-refractivity contribution in [3.63, 3.8) is 0 Å².